The molecule has 0 aliphatic carbocycles. The minimum atomic E-state index is 0.00373. The summed E-state index contributed by atoms with van der Waals surface area (Å²) in [6.07, 6.45) is 2.75. The molecule has 0 saturated carbocycles. The summed E-state index contributed by atoms with van der Waals surface area (Å²) in [6.45, 7) is 8.20. The molecule has 1 unspecified atom stereocenters. The van der Waals surface area contributed by atoms with Gasteiger partial charge in [0.1, 0.15) is 0 Å². The van der Waals surface area contributed by atoms with Crippen molar-refractivity contribution in [3.05, 3.63) is 0 Å². The van der Waals surface area contributed by atoms with Crippen molar-refractivity contribution in [2.45, 2.75) is 31.6 Å². The zero-order valence-corrected chi connectivity index (χ0v) is 8.77. The highest BCUT2D eigenvalue weighted by atomic mass is 35.5. The Morgan fingerprint density at radius 2 is 1.83 bits per heavy atom. The number of hydrogen-bond acceptors (Lipinski definition) is 1. The van der Waals surface area contributed by atoms with E-state index in [9.17, 15) is 0 Å². The van der Waals surface area contributed by atoms with Gasteiger partial charge in [-0.15, -0.1) is 11.6 Å². The minimum Gasteiger partial charge on any atom is -0.303 e. The second-order valence-corrected chi connectivity index (χ2v) is 5.78. The molecule has 0 aromatic rings. The van der Waals surface area contributed by atoms with Crippen LogP contribution in [-0.2, 0) is 0 Å². The first-order valence-corrected chi connectivity index (χ1v) is 5.36. The first-order chi connectivity index (χ1) is 5.57. The molecule has 0 aromatic heterocycles. The van der Waals surface area contributed by atoms with Gasteiger partial charge in [0, 0.05) is 11.4 Å². The second kappa shape index (κ2) is 2.88. The summed E-state index contributed by atoms with van der Waals surface area (Å²) in [5, 5.41) is 0. The van der Waals surface area contributed by atoms with Crippen LogP contribution in [0.4, 0.5) is 0 Å². The molecule has 3 aliphatic heterocycles. The summed E-state index contributed by atoms with van der Waals surface area (Å²) in [4.78, 5) is 2.57. The van der Waals surface area contributed by atoms with E-state index in [4.69, 9.17) is 11.6 Å². The van der Waals surface area contributed by atoms with Gasteiger partial charge in [0.25, 0.3) is 0 Å². The number of nitrogens with zero attached hydrogens (tertiary/aromatic N) is 1. The summed E-state index contributed by atoms with van der Waals surface area (Å²) in [6, 6.07) is 0. The van der Waals surface area contributed by atoms with Gasteiger partial charge in [-0.2, -0.15) is 0 Å². The summed E-state index contributed by atoms with van der Waals surface area (Å²) in [5.74, 6) is 1.63. The Morgan fingerprint density at radius 1 is 1.25 bits per heavy atom. The number of hydrogen-bond donors (Lipinski definition) is 0. The van der Waals surface area contributed by atoms with Crippen LogP contribution in [0.2, 0.25) is 0 Å². The highest BCUT2D eigenvalue weighted by Gasteiger charge is 2.41. The van der Waals surface area contributed by atoms with E-state index < -0.39 is 0 Å². The van der Waals surface area contributed by atoms with Gasteiger partial charge in [0.15, 0.2) is 0 Å². The van der Waals surface area contributed by atoms with Crippen molar-refractivity contribution in [3.8, 4) is 0 Å². The molecule has 0 amide bonds. The first kappa shape index (κ1) is 8.83. The van der Waals surface area contributed by atoms with Crippen molar-refractivity contribution < 1.29 is 0 Å². The SMILES string of the molecule is CC(C)(Cl)C1CN2CCC1CC2. The fourth-order valence-electron chi connectivity index (χ4n) is 2.74. The van der Waals surface area contributed by atoms with Gasteiger partial charge in [-0.25, -0.2) is 0 Å². The predicted molar refractivity (Wildman–Crippen MR) is 52.6 cm³/mol. The number of halogens is 1. The summed E-state index contributed by atoms with van der Waals surface area (Å²) in [7, 11) is 0. The normalized spacial score (nSPS) is 41.8. The summed E-state index contributed by atoms with van der Waals surface area (Å²) >= 11 is 6.38. The van der Waals surface area contributed by atoms with Crippen molar-refractivity contribution in [2.24, 2.45) is 11.8 Å². The molecule has 2 heteroatoms. The zero-order valence-electron chi connectivity index (χ0n) is 8.02. The molecule has 3 rings (SSSR count). The molecule has 0 N–H and O–H groups in total. The Labute approximate surface area is 80.1 Å². The van der Waals surface area contributed by atoms with E-state index in [0.29, 0.717) is 0 Å². The third kappa shape index (κ3) is 1.49. The van der Waals surface area contributed by atoms with E-state index in [1.54, 1.807) is 0 Å². The van der Waals surface area contributed by atoms with Gasteiger partial charge in [0.2, 0.25) is 0 Å². The van der Waals surface area contributed by atoms with Crippen LogP contribution >= 0.6 is 11.6 Å². The van der Waals surface area contributed by atoms with Crippen molar-refractivity contribution in [2.75, 3.05) is 19.6 Å². The van der Waals surface area contributed by atoms with Crippen molar-refractivity contribution in [1.82, 2.24) is 4.90 Å². The third-order valence-corrected chi connectivity index (χ3v) is 3.82. The van der Waals surface area contributed by atoms with Crippen LogP contribution < -0.4 is 0 Å². The number of fused-ring (bicyclic) bond motifs is 3. The lowest BCUT2D eigenvalue weighted by molar-refractivity contribution is 0.0348. The average molecular weight is 188 g/mol. The Balaban J connectivity index is 2.09. The Bertz CT molecular complexity index is 165. The van der Waals surface area contributed by atoms with E-state index in [1.165, 1.54) is 32.5 Å². The number of rotatable bonds is 1. The molecule has 2 bridgehead atoms. The standard InChI is InChI=1S/C10H18ClN/c1-10(2,11)9-7-12-5-3-8(9)4-6-12/h8-9H,3-7H2,1-2H3. The maximum absolute atomic E-state index is 6.38. The molecule has 3 saturated heterocycles. The average Bonchev–Trinajstić information content (AvgIpc) is 2.05. The van der Waals surface area contributed by atoms with Crippen LogP contribution in [0.5, 0.6) is 0 Å². The maximum Gasteiger partial charge on any atom is 0.0433 e. The lowest BCUT2D eigenvalue weighted by Crippen LogP contribution is -2.52. The lowest BCUT2D eigenvalue weighted by Gasteiger charge is -2.49. The van der Waals surface area contributed by atoms with Crippen LogP contribution in [0.1, 0.15) is 26.7 Å². The van der Waals surface area contributed by atoms with E-state index in [-0.39, 0.29) is 4.87 Å². The smallest absolute Gasteiger partial charge is 0.0433 e. The molecule has 3 fully saturated rings. The molecule has 0 aromatic carbocycles. The Hall–Kier alpha value is 0.250. The minimum absolute atomic E-state index is 0.00373. The van der Waals surface area contributed by atoms with Crippen molar-refractivity contribution >= 4 is 11.6 Å². The fraction of sp³-hybridized carbons (Fsp3) is 1.00. The monoisotopic (exact) mass is 187 g/mol. The predicted octanol–water partition coefficient (Wildman–Crippen LogP) is 2.35. The van der Waals surface area contributed by atoms with Crippen LogP contribution in [0.15, 0.2) is 0 Å². The molecule has 1 nitrogen and oxygen atoms in total. The summed E-state index contributed by atoms with van der Waals surface area (Å²) in [5.41, 5.74) is 0. The Morgan fingerprint density at radius 3 is 2.08 bits per heavy atom. The molecule has 70 valence electrons. The van der Waals surface area contributed by atoms with E-state index in [1.807, 2.05) is 0 Å². The second-order valence-electron chi connectivity index (χ2n) is 4.81. The molecule has 12 heavy (non-hydrogen) atoms. The molecular weight excluding hydrogens is 170 g/mol. The zero-order chi connectivity index (χ0) is 8.77. The van der Waals surface area contributed by atoms with Gasteiger partial charge in [-0.1, -0.05) is 0 Å². The lowest BCUT2D eigenvalue weighted by atomic mass is 9.73. The molecule has 0 spiro atoms. The highest BCUT2D eigenvalue weighted by Crippen LogP contribution is 2.41. The van der Waals surface area contributed by atoms with Crippen LogP contribution in [0.25, 0.3) is 0 Å². The Kier molecular flexibility index (Phi) is 2.12. The molecule has 1 atom stereocenters. The van der Waals surface area contributed by atoms with Crippen LogP contribution in [-0.4, -0.2) is 29.4 Å². The van der Waals surface area contributed by atoms with E-state index in [2.05, 4.69) is 18.7 Å². The fourth-order valence-corrected chi connectivity index (χ4v) is 2.99. The number of piperidine rings is 3. The highest BCUT2D eigenvalue weighted by molar-refractivity contribution is 6.23. The summed E-state index contributed by atoms with van der Waals surface area (Å²) < 4.78 is 0. The van der Waals surface area contributed by atoms with Gasteiger partial charge < -0.3 is 4.90 Å². The van der Waals surface area contributed by atoms with Gasteiger partial charge in [-0.3, -0.25) is 0 Å². The molecular formula is C10H18ClN. The van der Waals surface area contributed by atoms with Gasteiger partial charge >= 0.3 is 0 Å². The van der Waals surface area contributed by atoms with E-state index >= 15 is 0 Å². The van der Waals surface area contributed by atoms with Crippen molar-refractivity contribution in [3.63, 3.8) is 0 Å². The van der Waals surface area contributed by atoms with E-state index in [0.717, 1.165) is 11.8 Å². The van der Waals surface area contributed by atoms with Crippen LogP contribution in [0, 0.1) is 11.8 Å². The van der Waals surface area contributed by atoms with Gasteiger partial charge in [-0.05, 0) is 51.6 Å². The number of alkyl halides is 1. The van der Waals surface area contributed by atoms with Crippen LogP contribution in [0.3, 0.4) is 0 Å². The largest absolute Gasteiger partial charge is 0.303 e. The maximum atomic E-state index is 6.38. The first-order valence-electron chi connectivity index (χ1n) is 4.98. The molecule has 3 heterocycles. The quantitative estimate of drug-likeness (QED) is 0.570. The third-order valence-electron chi connectivity index (χ3n) is 3.54. The molecule has 0 radical (unpaired) electrons. The van der Waals surface area contributed by atoms with Crippen molar-refractivity contribution in [1.29, 1.82) is 0 Å². The van der Waals surface area contributed by atoms with Gasteiger partial charge in [0.05, 0.1) is 0 Å². The topological polar surface area (TPSA) is 3.24 Å². The molecule has 3 aliphatic rings.